The number of rotatable bonds is 0. The van der Waals surface area contributed by atoms with E-state index in [1.807, 2.05) is 43.3 Å². The molecule has 0 radical (unpaired) electrons. The molecule has 3 rings (SSSR count). The molecule has 0 fully saturated rings. The summed E-state index contributed by atoms with van der Waals surface area (Å²) in [6.07, 6.45) is 5.44. The minimum Gasteiger partial charge on any atom is -0.491 e. The van der Waals surface area contributed by atoms with Crippen molar-refractivity contribution in [2.75, 3.05) is 6.61 Å². The first-order chi connectivity index (χ1) is 7.75. The van der Waals surface area contributed by atoms with Crippen LogP contribution in [0.15, 0.2) is 48.1 Å². The van der Waals surface area contributed by atoms with Crippen molar-refractivity contribution in [3.05, 3.63) is 53.6 Å². The van der Waals surface area contributed by atoms with Crippen molar-refractivity contribution in [3.8, 4) is 5.75 Å². The summed E-state index contributed by atoms with van der Waals surface area (Å²) in [5.41, 5.74) is 1.49. The Kier molecular flexibility index (Phi) is 1.81. The number of ether oxygens (including phenoxy) is 1. The highest BCUT2D eigenvalue weighted by Gasteiger charge is 2.47. The predicted molar refractivity (Wildman–Crippen MR) is 61.5 cm³/mol. The first-order valence-corrected chi connectivity index (χ1v) is 5.37. The summed E-state index contributed by atoms with van der Waals surface area (Å²) in [7, 11) is 0. The summed E-state index contributed by atoms with van der Waals surface area (Å²) in [6.45, 7) is 2.42. The monoisotopic (exact) mass is 212 g/mol. The molecule has 1 aromatic rings. The number of hydrogen-bond donors (Lipinski definition) is 0. The minimum absolute atomic E-state index is 0.123. The Morgan fingerprint density at radius 1 is 1.31 bits per heavy atom. The molecule has 0 aromatic heterocycles. The Hall–Kier alpha value is -1.83. The molecule has 1 aliphatic heterocycles. The van der Waals surface area contributed by atoms with Gasteiger partial charge in [0.2, 0.25) is 0 Å². The molecule has 1 spiro atoms. The van der Waals surface area contributed by atoms with Crippen molar-refractivity contribution in [1.29, 1.82) is 0 Å². The highest BCUT2D eigenvalue weighted by molar-refractivity contribution is 6.04. The Morgan fingerprint density at radius 2 is 2.12 bits per heavy atom. The zero-order valence-corrected chi connectivity index (χ0v) is 9.07. The second-order valence-corrected chi connectivity index (χ2v) is 4.26. The van der Waals surface area contributed by atoms with E-state index < -0.39 is 5.41 Å². The molecule has 80 valence electrons. The van der Waals surface area contributed by atoms with E-state index in [0.717, 1.165) is 16.9 Å². The van der Waals surface area contributed by atoms with E-state index in [0.29, 0.717) is 6.61 Å². The lowest BCUT2D eigenvalue weighted by molar-refractivity contribution is -0.119. The maximum Gasteiger partial charge on any atom is 0.173 e. The molecular formula is C14H12O2. The van der Waals surface area contributed by atoms with Crippen LogP contribution >= 0.6 is 0 Å². The van der Waals surface area contributed by atoms with Gasteiger partial charge in [0.1, 0.15) is 17.8 Å². The summed E-state index contributed by atoms with van der Waals surface area (Å²) < 4.78 is 5.64. The molecule has 0 amide bonds. The van der Waals surface area contributed by atoms with Crippen LogP contribution in [-0.2, 0) is 10.2 Å². The van der Waals surface area contributed by atoms with E-state index in [4.69, 9.17) is 4.74 Å². The summed E-state index contributed by atoms with van der Waals surface area (Å²) in [5, 5.41) is 0. The number of allylic oxidation sites excluding steroid dienone is 3. The Balaban J connectivity index is 2.25. The van der Waals surface area contributed by atoms with Crippen LogP contribution in [0.3, 0.4) is 0 Å². The van der Waals surface area contributed by atoms with Crippen LogP contribution < -0.4 is 4.74 Å². The average molecular weight is 212 g/mol. The van der Waals surface area contributed by atoms with E-state index >= 15 is 0 Å². The van der Waals surface area contributed by atoms with Gasteiger partial charge in [-0.25, -0.2) is 0 Å². The van der Waals surface area contributed by atoms with Gasteiger partial charge < -0.3 is 4.74 Å². The standard InChI is InChI=1S/C14H12O2/c1-10-5-4-8-13(15)14(10)9-16-12-7-3-2-6-11(12)14/h2-8H,9H2,1H3/t14-/m0/s1. The summed E-state index contributed by atoms with van der Waals surface area (Å²) in [4.78, 5) is 12.2. The van der Waals surface area contributed by atoms with Crippen LogP contribution in [0.5, 0.6) is 5.75 Å². The quantitative estimate of drug-likeness (QED) is 0.660. The number of hydrogen-bond acceptors (Lipinski definition) is 2. The van der Waals surface area contributed by atoms with Crippen LogP contribution in [-0.4, -0.2) is 12.4 Å². The molecule has 1 aliphatic carbocycles. The highest BCUT2D eigenvalue weighted by atomic mass is 16.5. The van der Waals surface area contributed by atoms with E-state index in [2.05, 4.69) is 0 Å². The number of benzene rings is 1. The van der Waals surface area contributed by atoms with Gasteiger partial charge in [0.05, 0.1) is 0 Å². The fraction of sp³-hybridized carbons (Fsp3) is 0.214. The van der Waals surface area contributed by atoms with Crippen LogP contribution in [0, 0.1) is 0 Å². The van der Waals surface area contributed by atoms with Crippen molar-refractivity contribution < 1.29 is 9.53 Å². The number of ketones is 1. The largest absolute Gasteiger partial charge is 0.491 e. The molecule has 2 nitrogen and oxygen atoms in total. The third-order valence-corrected chi connectivity index (χ3v) is 3.48. The van der Waals surface area contributed by atoms with Gasteiger partial charge in [0.25, 0.3) is 0 Å². The van der Waals surface area contributed by atoms with Gasteiger partial charge in [0, 0.05) is 5.56 Å². The molecule has 1 atom stereocenters. The van der Waals surface area contributed by atoms with E-state index in [1.165, 1.54) is 0 Å². The van der Waals surface area contributed by atoms with Gasteiger partial charge in [-0.15, -0.1) is 0 Å². The van der Waals surface area contributed by atoms with Gasteiger partial charge in [-0.1, -0.05) is 35.9 Å². The predicted octanol–water partition coefficient (Wildman–Crippen LogP) is 2.40. The number of carbonyl (C=O) groups excluding carboxylic acids is 1. The Labute approximate surface area is 94.2 Å². The Morgan fingerprint density at radius 3 is 2.94 bits per heavy atom. The van der Waals surface area contributed by atoms with Crippen LogP contribution in [0.25, 0.3) is 0 Å². The third kappa shape index (κ3) is 0.990. The zero-order valence-electron chi connectivity index (χ0n) is 9.07. The van der Waals surface area contributed by atoms with Gasteiger partial charge in [-0.05, 0) is 19.1 Å². The second-order valence-electron chi connectivity index (χ2n) is 4.26. The summed E-state index contributed by atoms with van der Waals surface area (Å²) in [5.74, 6) is 0.955. The number of para-hydroxylation sites is 1. The molecule has 2 aliphatic rings. The maximum atomic E-state index is 12.2. The third-order valence-electron chi connectivity index (χ3n) is 3.48. The van der Waals surface area contributed by atoms with Gasteiger partial charge in [-0.2, -0.15) is 0 Å². The lowest BCUT2D eigenvalue weighted by atomic mass is 9.71. The minimum atomic E-state index is -0.564. The van der Waals surface area contributed by atoms with Gasteiger partial charge in [0.15, 0.2) is 5.78 Å². The van der Waals surface area contributed by atoms with Crippen LogP contribution in [0.2, 0.25) is 0 Å². The average Bonchev–Trinajstić information content (AvgIpc) is 2.67. The van der Waals surface area contributed by atoms with Gasteiger partial charge >= 0.3 is 0 Å². The fourth-order valence-electron chi connectivity index (χ4n) is 2.50. The molecule has 0 saturated carbocycles. The Bertz CT molecular complexity index is 525. The SMILES string of the molecule is CC1=CC=CC(=O)[C@@]12COc1ccccc12. The second kappa shape index (κ2) is 3.08. The number of carbonyl (C=O) groups is 1. The van der Waals surface area contributed by atoms with Gasteiger partial charge in [-0.3, -0.25) is 4.79 Å². The molecule has 2 heteroatoms. The molecule has 16 heavy (non-hydrogen) atoms. The van der Waals surface area contributed by atoms with Crippen molar-refractivity contribution in [3.63, 3.8) is 0 Å². The van der Waals surface area contributed by atoms with Crippen molar-refractivity contribution in [1.82, 2.24) is 0 Å². The lowest BCUT2D eigenvalue weighted by Gasteiger charge is -2.28. The normalized spacial score (nSPS) is 26.6. The molecular weight excluding hydrogens is 200 g/mol. The number of fused-ring (bicyclic) bond motifs is 2. The lowest BCUT2D eigenvalue weighted by Crippen LogP contribution is -2.39. The molecule has 1 heterocycles. The van der Waals surface area contributed by atoms with Crippen LogP contribution in [0.1, 0.15) is 12.5 Å². The molecule has 1 aromatic carbocycles. The smallest absolute Gasteiger partial charge is 0.173 e. The van der Waals surface area contributed by atoms with Crippen LogP contribution in [0.4, 0.5) is 0 Å². The summed E-state index contributed by atoms with van der Waals surface area (Å²) >= 11 is 0. The fourth-order valence-corrected chi connectivity index (χ4v) is 2.50. The maximum absolute atomic E-state index is 12.2. The van der Waals surface area contributed by atoms with Crippen molar-refractivity contribution in [2.24, 2.45) is 0 Å². The van der Waals surface area contributed by atoms with E-state index in [-0.39, 0.29) is 5.78 Å². The zero-order chi connectivity index (χ0) is 11.2. The highest BCUT2D eigenvalue weighted by Crippen LogP contribution is 2.45. The molecule has 0 unspecified atom stereocenters. The first kappa shape index (κ1) is 9.40. The summed E-state index contributed by atoms with van der Waals surface area (Å²) in [6, 6.07) is 7.79. The molecule has 0 N–H and O–H groups in total. The first-order valence-electron chi connectivity index (χ1n) is 5.37. The van der Waals surface area contributed by atoms with E-state index in [1.54, 1.807) is 6.08 Å². The van der Waals surface area contributed by atoms with E-state index in [9.17, 15) is 4.79 Å². The molecule has 0 saturated heterocycles. The van der Waals surface area contributed by atoms with Crippen molar-refractivity contribution >= 4 is 5.78 Å². The molecule has 0 bridgehead atoms. The topological polar surface area (TPSA) is 26.3 Å². The van der Waals surface area contributed by atoms with Crippen molar-refractivity contribution in [2.45, 2.75) is 12.3 Å².